The van der Waals surface area contributed by atoms with Crippen LogP contribution in [0.4, 0.5) is 0 Å². The maximum atomic E-state index is 10.8. The van der Waals surface area contributed by atoms with E-state index < -0.39 is 17.4 Å². The summed E-state index contributed by atoms with van der Waals surface area (Å²) in [6.07, 6.45) is 6.27. The van der Waals surface area contributed by atoms with Gasteiger partial charge < -0.3 is 10.2 Å². The molecule has 1 unspecified atom stereocenters. The molecule has 0 aromatic heterocycles. The van der Waals surface area contributed by atoms with Gasteiger partial charge in [0.1, 0.15) is 0 Å². The van der Waals surface area contributed by atoms with E-state index in [1.807, 2.05) is 0 Å². The zero-order valence-electron chi connectivity index (χ0n) is 10.5. The van der Waals surface area contributed by atoms with E-state index in [2.05, 4.69) is 0 Å². The highest BCUT2D eigenvalue weighted by atomic mass is 31.1. The van der Waals surface area contributed by atoms with Crippen LogP contribution in [-0.4, -0.2) is 39.9 Å². The molecule has 19 heavy (non-hydrogen) atoms. The first kappa shape index (κ1) is 15.3. The van der Waals surface area contributed by atoms with Crippen molar-refractivity contribution in [3.05, 3.63) is 23.8 Å². The van der Waals surface area contributed by atoms with E-state index in [4.69, 9.17) is 10.2 Å². The van der Waals surface area contributed by atoms with E-state index in [-0.39, 0.29) is 12.0 Å². The summed E-state index contributed by atoms with van der Waals surface area (Å²) in [6, 6.07) is 0. The Labute approximate surface area is 112 Å². The monoisotopic (exact) mass is 282 g/mol. The minimum atomic E-state index is -1.08. The number of allylic oxidation sites excluding steroid dienone is 2. The van der Waals surface area contributed by atoms with Gasteiger partial charge in [0, 0.05) is 17.8 Å². The van der Waals surface area contributed by atoms with Crippen LogP contribution in [0.3, 0.4) is 0 Å². The Balaban J connectivity index is 0.000000250. The summed E-state index contributed by atoms with van der Waals surface area (Å²) in [4.78, 5) is 31.5. The van der Waals surface area contributed by atoms with Crippen LogP contribution in [0, 0.1) is 5.41 Å². The number of carbonyl (C=O) groups is 3. The Morgan fingerprint density at radius 1 is 1.37 bits per heavy atom. The Bertz CT molecular complexity index is 489. The number of carboxylic acid groups (broad SMARTS) is 2. The van der Waals surface area contributed by atoms with Crippen molar-refractivity contribution < 1.29 is 24.6 Å². The quantitative estimate of drug-likeness (QED) is 0.753. The summed E-state index contributed by atoms with van der Waals surface area (Å²) in [5.41, 5.74) is -0.949. The van der Waals surface area contributed by atoms with Crippen LogP contribution >= 0.6 is 8.20 Å². The summed E-state index contributed by atoms with van der Waals surface area (Å²) in [5.74, 6) is -0.0101. The highest BCUT2D eigenvalue weighted by Crippen LogP contribution is 2.31. The molecule has 1 heterocycles. The van der Waals surface area contributed by atoms with Crippen LogP contribution < -0.4 is 0 Å². The fourth-order valence-corrected chi connectivity index (χ4v) is 2.40. The largest absolute Gasteiger partial charge is 0.481 e. The first-order valence-electron chi connectivity index (χ1n) is 5.73. The Kier molecular flexibility index (Phi) is 5.19. The highest BCUT2D eigenvalue weighted by molar-refractivity contribution is 7.42. The first-order chi connectivity index (χ1) is 8.85. The molecule has 102 valence electrons. The summed E-state index contributed by atoms with van der Waals surface area (Å²) >= 11 is 0. The number of carbonyl (C=O) groups excluding carboxylic acids is 1. The molecule has 1 atom stereocenters. The van der Waals surface area contributed by atoms with Crippen molar-refractivity contribution in [2.24, 2.45) is 5.41 Å². The molecule has 1 aliphatic heterocycles. The zero-order valence-corrected chi connectivity index (χ0v) is 11.4. The van der Waals surface area contributed by atoms with Gasteiger partial charge >= 0.3 is 11.9 Å². The molecule has 0 aromatic rings. The second-order valence-electron chi connectivity index (χ2n) is 4.51. The van der Waals surface area contributed by atoms with Crippen molar-refractivity contribution >= 4 is 31.7 Å². The molecule has 0 spiro atoms. The molecule has 0 saturated heterocycles. The third-order valence-corrected chi connectivity index (χ3v) is 3.76. The van der Waals surface area contributed by atoms with Crippen molar-refractivity contribution in [3.8, 4) is 0 Å². The molecule has 0 saturated carbocycles. The molecule has 5 nitrogen and oxygen atoms in total. The Hall–Kier alpha value is -1.74. The predicted molar refractivity (Wildman–Crippen MR) is 72.7 cm³/mol. The second-order valence-corrected chi connectivity index (χ2v) is 5.58. The molecule has 2 N–H and O–H groups in total. The molecule has 0 fully saturated rings. The smallest absolute Gasteiger partial charge is 0.331 e. The minimum Gasteiger partial charge on any atom is -0.481 e. The molecule has 2 rings (SSSR count). The van der Waals surface area contributed by atoms with Crippen LogP contribution in [0.15, 0.2) is 23.8 Å². The molecule has 0 radical (unpaired) electrons. The lowest BCUT2D eigenvalue weighted by atomic mass is 9.80. The van der Waals surface area contributed by atoms with E-state index in [0.717, 1.165) is 12.6 Å². The predicted octanol–water partition coefficient (Wildman–Crippen LogP) is 1.76. The number of rotatable bonds is 2. The maximum absolute atomic E-state index is 10.8. The molecule has 0 aromatic carbocycles. The van der Waals surface area contributed by atoms with Crippen LogP contribution in [0.25, 0.3) is 0 Å². The van der Waals surface area contributed by atoms with Gasteiger partial charge in [-0.1, -0.05) is 18.2 Å². The van der Waals surface area contributed by atoms with Gasteiger partial charge in [0.2, 0.25) is 0 Å². The van der Waals surface area contributed by atoms with E-state index in [9.17, 15) is 14.4 Å². The lowest BCUT2D eigenvalue weighted by Crippen LogP contribution is -2.28. The Morgan fingerprint density at radius 3 is 2.42 bits per heavy atom. The highest BCUT2D eigenvalue weighted by Gasteiger charge is 2.34. The maximum Gasteiger partial charge on any atom is 0.331 e. The third kappa shape index (κ3) is 4.45. The van der Waals surface area contributed by atoms with Gasteiger partial charge in [-0.3, -0.25) is 9.59 Å². The van der Waals surface area contributed by atoms with Gasteiger partial charge in [-0.2, -0.15) is 0 Å². The van der Waals surface area contributed by atoms with Gasteiger partial charge in [-0.15, -0.1) is 8.20 Å². The van der Waals surface area contributed by atoms with Crippen molar-refractivity contribution in [1.82, 2.24) is 0 Å². The lowest BCUT2D eigenvalue weighted by molar-refractivity contribution is -0.145. The number of hydrogen-bond donors (Lipinski definition) is 2. The van der Waals surface area contributed by atoms with Gasteiger partial charge in [-0.05, 0) is 19.5 Å². The normalized spacial score (nSPS) is 25.3. The molecule has 1 aliphatic carbocycles. The van der Waals surface area contributed by atoms with Gasteiger partial charge in [0.05, 0.1) is 5.41 Å². The number of hydrogen-bond acceptors (Lipinski definition) is 3. The molecule has 6 heteroatoms. The summed E-state index contributed by atoms with van der Waals surface area (Å²) in [7, 11) is 1.21. The third-order valence-electron chi connectivity index (χ3n) is 2.81. The Morgan fingerprint density at radius 2 is 2.05 bits per heavy atom. The topological polar surface area (TPSA) is 91.7 Å². The van der Waals surface area contributed by atoms with E-state index in [1.165, 1.54) is 33.4 Å². The van der Waals surface area contributed by atoms with E-state index >= 15 is 0 Å². The van der Waals surface area contributed by atoms with Crippen LogP contribution in [-0.2, 0) is 14.4 Å². The van der Waals surface area contributed by atoms with E-state index in [1.54, 1.807) is 5.80 Å². The van der Waals surface area contributed by atoms with Crippen molar-refractivity contribution in [2.75, 3.05) is 6.16 Å². The molecule has 0 bridgehead atoms. The zero-order chi connectivity index (χ0) is 14.5. The SMILES string of the molecule is CC1(C(=O)O)C=CC=C(C(=O)O)C1.O=C1C=PCC1. The summed E-state index contributed by atoms with van der Waals surface area (Å²) < 4.78 is 0. The minimum absolute atomic E-state index is 0.0359. The molecule has 2 aliphatic rings. The molecular formula is C13H15O5P. The fourth-order valence-electron chi connectivity index (χ4n) is 1.59. The average molecular weight is 282 g/mol. The number of carboxylic acids is 2. The molecular weight excluding hydrogens is 267 g/mol. The van der Waals surface area contributed by atoms with Gasteiger partial charge in [0.15, 0.2) is 5.78 Å². The number of aliphatic carboxylic acids is 2. The van der Waals surface area contributed by atoms with E-state index in [0.29, 0.717) is 5.78 Å². The summed E-state index contributed by atoms with van der Waals surface area (Å²) in [5, 5.41) is 17.5. The number of ketones is 1. The van der Waals surface area contributed by atoms with Crippen LogP contribution in [0.1, 0.15) is 19.8 Å². The van der Waals surface area contributed by atoms with Crippen molar-refractivity contribution in [1.29, 1.82) is 0 Å². The number of Topliss-reactive ketones (excluding diaryl/α,β-unsaturated/α-hetero) is 1. The average Bonchev–Trinajstić information content (AvgIpc) is 2.81. The lowest BCUT2D eigenvalue weighted by Gasteiger charge is -2.23. The van der Waals surface area contributed by atoms with Crippen LogP contribution in [0.2, 0.25) is 0 Å². The van der Waals surface area contributed by atoms with Crippen molar-refractivity contribution in [3.63, 3.8) is 0 Å². The van der Waals surface area contributed by atoms with Crippen LogP contribution in [0.5, 0.6) is 0 Å². The van der Waals surface area contributed by atoms with Gasteiger partial charge in [0.25, 0.3) is 0 Å². The van der Waals surface area contributed by atoms with Crippen molar-refractivity contribution in [2.45, 2.75) is 19.8 Å². The first-order valence-corrected chi connectivity index (χ1v) is 6.88. The molecule has 0 amide bonds. The van der Waals surface area contributed by atoms with Gasteiger partial charge in [-0.25, -0.2) is 4.79 Å². The fraction of sp³-hybridized carbons (Fsp3) is 0.385. The standard InChI is InChI=1S/C9H10O4.C4H5OP/c1-9(8(12)13)4-2-3-6(5-9)7(10)11;5-4-1-2-6-3-4/h2-4H,5H2,1H3,(H,10,11)(H,12,13);3H,1-2H2. The summed E-state index contributed by atoms with van der Waals surface area (Å²) in [6.45, 7) is 1.50. The second kappa shape index (κ2) is 6.43.